The van der Waals surface area contributed by atoms with Crippen LogP contribution in [0.3, 0.4) is 0 Å². The quantitative estimate of drug-likeness (QED) is 0.841. The molecule has 0 amide bonds. The van der Waals surface area contributed by atoms with Crippen molar-refractivity contribution in [2.75, 3.05) is 6.61 Å². The van der Waals surface area contributed by atoms with Crippen molar-refractivity contribution in [3.8, 4) is 0 Å². The van der Waals surface area contributed by atoms with Crippen molar-refractivity contribution in [1.82, 2.24) is 4.57 Å². The van der Waals surface area contributed by atoms with Crippen LogP contribution in [0, 0.1) is 0 Å². The van der Waals surface area contributed by atoms with Gasteiger partial charge in [-0.1, -0.05) is 11.6 Å². The minimum absolute atomic E-state index is 0.0427. The SMILES string of the molecule is O=c1c2ccc(Cl)cc2ccn1CCO. The largest absolute Gasteiger partial charge is 0.395 e. The number of aromatic nitrogens is 1. The van der Waals surface area contributed by atoms with Crippen LogP contribution in [-0.4, -0.2) is 16.3 Å². The summed E-state index contributed by atoms with van der Waals surface area (Å²) in [5.74, 6) is 0. The lowest BCUT2D eigenvalue weighted by atomic mass is 10.2. The van der Waals surface area contributed by atoms with Gasteiger partial charge in [0.15, 0.2) is 0 Å². The maximum atomic E-state index is 11.8. The smallest absolute Gasteiger partial charge is 0.258 e. The van der Waals surface area contributed by atoms with Gasteiger partial charge in [-0.2, -0.15) is 0 Å². The molecule has 1 aromatic heterocycles. The van der Waals surface area contributed by atoms with E-state index in [1.165, 1.54) is 4.57 Å². The molecule has 2 rings (SSSR count). The Hall–Kier alpha value is -1.32. The van der Waals surface area contributed by atoms with Crippen LogP contribution in [0.5, 0.6) is 0 Å². The molecule has 4 heteroatoms. The lowest BCUT2D eigenvalue weighted by Crippen LogP contribution is -2.20. The van der Waals surface area contributed by atoms with Gasteiger partial charge in [0.25, 0.3) is 5.56 Å². The topological polar surface area (TPSA) is 42.2 Å². The molecule has 3 nitrogen and oxygen atoms in total. The molecule has 15 heavy (non-hydrogen) atoms. The molecular weight excluding hydrogens is 214 g/mol. The van der Waals surface area contributed by atoms with Crippen LogP contribution in [0.4, 0.5) is 0 Å². The number of nitrogens with zero attached hydrogens (tertiary/aromatic N) is 1. The second-order valence-corrected chi connectivity index (χ2v) is 3.71. The van der Waals surface area contributed by atoms with Crippen LogP contribution in [-0.2, 0) is 6.54 Å². The van der Waals surface area contributed by atoms with Crippen molar-refractivity contribution in [3.63, 3.8) is 0 Å². The molecule has 0 unspecified atom stereocenters. The van der Waals surface area contributed by atoms with E-state index in [0.29, 0.717) is 17.0 Å². The lowest BCUT2D eigenvalue weighted by molar-refractivity contribution is 0.274. The average Bonchev–Trinajstić information content (AvgIpc) is 2.22. The number of halogens is 1. The Morgan fingerprint density at radius 1 is 1.33 bits per heavy atom. The third-order valence-corrected chi connectivity index (χ3v) is 2.51. The van der Waals surface area contributed by atoms with Crippen molar-refractivity contribution in [3.05, 3.63) is 45.8 Å². The predicted octanol–water partition coefficient (Wildman–Crippen LogP) is 1.65. The number of fused-ring (bicyclic) bond motifs is 1. The van der Waals surface area contributed by atoms with Gasteiger partial charge in [0.05, 0.1) is 6.61 Å². The van der Waals surface area contributed by atoms with E-state index < -0.39 is 0 Å². The highest BCUT2D eigenvalue weighted by molar-refractivity contribution is 6.31. The van der Waals surface area contributed by atoms with Crippen LogP contribution in [0.2, 0.25) is 5.02 Å². The Bertz CT molecular complexity index is 548. The summed E-state index contributed by atoms with van der Waals surface area (Å²) >= 11 is 5.82. The van der Waals surface area contributed by atoms with Crippen LogP contribution < -0.4 is 5.56 Å². The minimum Gasteiger partial charge on any atom is -0.395 e. The Labute approximate surface area is 91.5 Å². The number of pyridine rings is 1. The van der Waals surface area contributed by atoms with Gasteiger partial charge in [0.1, 0.15) is 0 Å². The Morgan fingerprint density at radius 2 is 2.13 bits per heavy atom. The number of aliphatic hydroxyl groups is 1. The fourth-order valence-electron chi connectivity index (χ4n) is 1.54. The molecule has 0 saturated heterocycles. The van der Waals surface area contributed by atoms with Gasteiger partial charge in [0.2, 0.25) is 0 Å². The van der Waals surface area contributed by atoms with Crippen molar-refractivity contribution < 1.29 is 5.11 Å². The van der Waals surface area contributed by atoms with E-state index >= 15 is 0 Å². The van der Waals surface area contributed by atoms with Gasteiger partial charge in [-0.3, -0.25) is 4.79 Å². The van der Waals surface area contributed by atoms with E-state index in [1.54, 1.807) is 24.4 Å². The fourth-order valence-corrected chi connectivity index (χ4v) is 1.72. The van der Waals surface area contributed by atoms with Gasteiger partial charge in [-0.25, -0.2) is 0 Å². The molecule has 0 aliphatic carbocycles. The monoisotopic (exact) mass is 223 g/mol. The molecule has 0 spiro atoms. The van der Waals surface area contributed by atoms with Crippen molar-refractivity contribution in [2.45, 2.75) is 6.54 Å². The first-order chi connectivity index (χ1) is 7.22. The Kier molecular flexibility index (Phi) is 2.75. The second-order valence-electron chi connectivity index (χ2n) is 3.27. The van der Waals surface area contributed by atoms with E-state index in [2.05, 4.69) is 0 Å². The first-order valence-corrected chi connectivity index (χ1v) is 5.00. The minimum atomic E-state index is -0.0989. The van der Waals surface area contributed by atoms with Crippen LogP contribution >= 0.6 is 11.6 Å². The Morgan fingerprint density at radius 3 is 2.87 bits per heavy atom. The lowest BCUT2D eigenvalue weighted by Gasteiger charge is -2.04. The van der Waals surface area contributed by atoms with Crippen LogP contribution in [0.1, 0.15) is 0 Å². The maximum Gasteiger partial charge on any atom is 0.258 e. The highest BCUT2D eigenvalue weighted by atomic mass is 35.5. The number of hydrogen-bond acceptors (Lipinski definition) is 2. The molecule has 2 aromatic rings. The van der Waals surface area contributed by atoms with E-state index in [1.807, 2.05) is 6.07 Å². The number of benzene rings is 1. The van der Waals surface area contributed by atoms with Gasteiger partial charge in [0, 0.05) is 23.2 Å². The fraction of sp³-hybridized carbons (Fsp3) is 0.182. The highest BCUT2D eigenvalue weighted by Gasteiger charge is 2.02. The summed E-state index contributed by atoms with van der Waals surface area (Å²) < 4.78 is 1.48. The molecule has 0 bridgehead atoms. The van der Waals surface area contributed by atoms with Gasteiger partial charge < -0.3 is 9.67 Å². The zero-order chi connectivity index (χ0) is 10.8. The number of hydrogen-bond donors (Lipinski definition) is 1. The molecule has 0 atom stereocenters. The van der Waals surface area contributed by atoms with Crippen molar-refractivity contribution in [2.24, 2.45) is 0 Å². The normalized spacial score (nSPS) is 10.8. The third kappa shape index (κ3) is 1.89. The summed E-state index contributed by atoms with van der Waals surface area (Å²) in [6.07, 6.45) is 1.66. The van der Waals surface area contributed by atoms with E-state index in [4.69, 9.17) is 16.7 Å². The van der Waals surface area contributed by atoms with E-state index in [0.717, 1.165) is 5.39 Å². The molecule has 1 aromatic carbocycles. The van der Waals surface area contributed by atoms with Gasteiger partial charge in [-0.15, -0.1) is 0 Å². The molecule has 0 saturated carbocycles. The molecule has 1 heterocycles. The first-order valence-electron chi connectivity index (χ1n) is 4.62. The third-order valence-electron chi connectivity index (χ3n) is 2.28. The summed E-state index contributed by atoms with van der Waals surface area (Å²) in [6.45, 7) is 0.274. The van der Waals surface area contributed by atoms with E-state index in [-0.39, 0.29) is 12.2 Å². The van der Waals surface area contributed by atoms with Crippen molar-refractivity contribution >= 4 is 22.4 Å². The zero-order valence-electron chi connectivity index (χ0n) is 7.98. The molecule has 0 aliphatic heterocycles. The van der Waals surface area contributed by atoms with Gasteiger partial charge >= 0.3 is 0 Å². The van der Waals surface area contributed by atoms with Crippen LogP contribution in [0.15, 0.2) is 35.3 Å². The Balaban J connectivity index is 2.69. The number of aliphatic hydroxyl groups excluding tert-OH is 1. The van der Waals surface area contributed by atoms with Crippen molar-refractivity contribution in [1.29, 1.82) is 0 Å². The summed E-state index contributed by atoms with van der Waals surface area (Å²) in [7, 11) is 0. The molecule has 0 radical (unpaired) electrons. The van der Waals surface area contributed by atoms with E-state index in [9.17, 15) is 4.79 Å². The zero-order valence-corrected chi connectivity index (χ0v) is 8.74. The van der Waals surface area contributed by atoms with Gasteiger partial charge in [-0.05, 0) is 29.7 Å². The standard InChI is InChI=1S/C11H10ClNO2/c12-9-1-2-10-8(7-9)3-4-13(5-6-14)11(10)15/h1-4,7,14H,5-6H2. The molecule has 1 N–H and O–H groups in total. The molecular formula is C11H10ClNO2. The predicted molar refractivity (Wildman–Crippen MR) is 60.3 cm³/mol. The average molecular weight is 224 g/mol. The maximum absolute atomic E-state index is 11.8. The summed E-state index contributed by atoms with van der Waals surface area (Å²) in [6, 6.07) is 6.96. The molecule has 0 fully saturated rings. The first kappa shape index (κ1) is 10.2. The summed E-state index contributed by atoms with van der Waals surface area (Å²) in [5, 5.41) is 10.8. The highest BCUT2D eigenvalue weighted by Crippen LogP contribution is 2.15. The second kappa shape index (κ2) is 4.04. The van der Waals surface area contributed by atoms with Crippen LogP contribution in [0.25, 0.3) is 10.8 Å². The molecule has 0 aliphatic rings. The molecule has 78 valence electrons. The summed E-state index contributed by atoms with van der Waals surface area (Å²) in [5.41, 5.74) is -0.0989. The summed E-state index contributed by atoms with van der Waals surface area (Å²) in [4.78, 5) is 11.8. The number of rotatable bonds is 2.